The first-order valence-electron chi connectivity index (χ1n) is 6.76. The fraction of sp³-hybridized carbons (Fsp3) is 0.375. The zero-order chi connectivity index (χ0) is 13.2. The summed E-state index contributed by atoms with van der Waals surface area (Å²) >= 11 is 0. The summed E-state index contributed by atoms with van der Waals surface area (Å²) in [5.74, 6) is 0. The zero-order valence-corrected chi connectivity index (χ0v) is 11.2. The van der Waals surface area contributed by atoms with Gasteiger partial charge in [0, 0.05) is 30.1 Å². The van der Waals surface area contributed by atoms with E-state index in [2.05, 4.69) is 22.9 Å². The smallest absolute Gasteiger partial charge is 0.0807 e. The molecule has 0 fully saturated rings. The minimum atomic E-state index is -0.306. The highest BCUT2D eigenvalue weighted by Crippen LogP contribution is 2.32. The van der Waals surface area contributed by atoms with Crippen molar-refractivity contribution in [1.29, 1.82) is 0 Å². The number of aliphatic hydroxyl groups is 1. The standard InChI is InChI=1S/C16H19NO2/c1-19-11-12-5-2-3-6-14(12)17-10-9-13-15(17)7-4-8-16(13)18/h2-3,5-6,9-10,16,18H,4,7-8,11H2,1H3. The van der Waals surface area contributed by atoms with Crippen molar-refractivity contribution in [3.8, 4) is 5.69 Å². The van der Waals surface area contributed by atoms with E-state index in [1.165, 1.54) is 11.3 Å². The number of rotatable bonds is 3. The summed E-state index contributed by atoms with van der Waals surface area (Å²) in [6, 6.07) is 10.3. The number of methoxy groups -OCH3 is 1. The van der Waals surface area contributed by atoms with Crippen molar-refractivity contribution < 1.29 is 9.84 Å². The van der Waals surface area contributed by atoms with Crippen LogP contribution < -0.4 is 0 Å². The van der Waals surface area contributed by atoms with Crippen molar-refractivity contribution in [3.63, 3.8) is 0 Å². The molecule has 2 aromatic rings. The fourth-order valence-corrected chi connectivity index (χ4v) is 2.92. The molecule has 0 bridgehead atoms. The number of ether oxygens (including phenoxy) is 1. The summed E-state index contributed by atoms with van der Waals surface area (Å²) in [7, 11) is 1.71. The van der Waals surface area contributed by atoms with E-state index in [0.29, 0.717) is 6.61 Å². The van der Waals surface area contributed by atoms with Crippen molar-refractivity contribution in [3.05, 3.63) is 53.3 Å². The molecule has 1 aliphatic rings. The Balaban J connectivity index is 2.08. The van der Waals surface area contributed by atoms with Gasteiger partial charge in [0.1, 0.15) is 0 Å². The van der Waals surface area contributed by atoms with Gasteiger partial charge >= 0.3 is 0 Å². The fourth-order valence-electron chi connectivity index (χ4n) is 2.92. The number of hydrogen-bond donors (Lipinski definition) is 1. The van der Waals surface area contributed by atoms with Crippen LogP contribution >= 0.6 is 0 Å². The Kier molecular flexibility index (Phi) is 3.40. The maximum atomic E-state index is 10.1. The molecule has 19 heavy (non-hydrogen) atoms. The lowest BCUT2D eigenvalue weighted by Gasteiger charge is -2.21. The highest BCUT2D eigenvalue weighted by molar-refractivity contribution is 5.45. The van der Waals surface area contributed by atoms with Gasteiger partial charge in [-0.25, -0.2) is 0 Å². The van der Waals surface area contributed by atoms with Crippen molar-refractivity contribution in [2.45, 2.75) is 32.0 Å². The number of hydrogen-bond acceptors (Lipinski definition) is 2. The number of nitrogens with zero attached hydrogens (tertiary/aromatic N) is 1. The van der Waals surface area contributed by atoms with Gasteiger partial charge < -0.3 is 14.4 Å². The highest BCUT2D eigenvalue weighted by Gasteiger charge is 2.22. The lowest BCUT2D eigenvalue weighted by atomic mass is 9.95. The van der Waals surface area contributed by atoms with Gasteiger partial charge in [0.15, 0.2) is 0 Å². The topological polar surface area (TPSA) is 34.4 Å². The Bertz CT molecular complexity index is 574. The number of fused-ring (bicyclic) bond motifs is 1. The average Bonchev–Trinajstić information content (AvgIpc) is 2.85. The molecule has 1 atom stereocenters. The summed E-state index contributed by atoms with van der Waals surface area (Å²) in [6.45, 7) is 0.603. The second-order valence-corrected chi connectivity index (χ2v) is 5.06. The van der Waals surface area contributed by atoms with Gasteiger partial charge in [0.05, 0.1) is 18.4 Å². The first kappa shape index (κ1) is 12.5. The van der Waals surface area contributed by atoms with Gasteiger partial charge in [-0.1, -0.05) is 18.2 Å². The van der Waals surface area contributed by atoms with Gasteiger partial charge in [-0.05, 0) is 31.4 Å². The lowest BCUT2D eigenvalue weighted by Crippen LogP contribution is -2.12. The first-order chi connectivity index (χ1) is 9.31. The minimum absolute atomic E-state index is 0.306. The SMILES string of the molecule is COCc1ccccc1-n1ccc2c1CCCC2O. The number of benzene rings is 1. The molecule has 0 radical (unpaired) electrons. The second kappa shape index (κ2) is 5.19. The predicted molar refractivity (Wildman–Crippen MR) is 74.4 cm³/mol. The lowest BCUT2D eigenvalue weighted by molar-refractivity contribution is 0.156. The molecule has 1 aliphatic carbocycles. The maximum absolute atomic E-state index is 10.1. The Labute approximate surface area is 113 Å². The normalized spacial score (nSPS) is 18.3. The second-order valence-electron chi connectivity index (χ2n) is 5.06. The van der Waals surface area contributed by atoms with Gasteiger partial charge in [-0.2, -0.15) is 0 Å². The predicted octanol–water partition coefficient (Wildman–Crippen LogP) is 2.99. The Morgan fingerprint density at radius 1 is 1.32 bits per heavy atom. The summed E-state index contributed by atoms with van der Waals surface area (Å²) < 4.78 is 7.47. The van der Waals surface area contributed by atoms with Crippen molar-refractivity contribution in [2.75, 3.05) is 7.11 Å². The first-order valence-corrected chi connectivity index (χ1v) is 6.76. The van der Waals surface area contributed by atoms with Crippen LogP contribution in [-0.2, 0) is 17.8 Å². The Morgan fingerprint density at radius 2 is 2.16 bits per heavy atom. The minimum Gasteiger partial charge on any atom is -0.388 e. The maximum Gasteiger partial charge on any atom is 0.0807 e. The number of para-hydroxylation sites is 1. The van der Waals surface area contributed by atoms with E-state index in [4.69, 9.17) is 4.74 Å². The molecule has 0 saturated carbocycles. The molecule has 0 saturated heterocycles. The van der Waals surface area contributed by atoms with Gasteiger partial charge in [-0.15, -0.1) is 0 Å². The van der Waals surface area contributed by atoms with Crippen LogP contribution in [0.25, 0.3) is 5.69 Å². The number of aromatic nitrogens is 1. The van der Waals surface area contributed by atoms with Gasteiger partial charge in [0.2, 0.25) is 0 Å². The van der Waals surface area contributed by atoms with Crippen LogP contribution in [0.5, 0.6) is 0 Å². The molecule has 1 unspecified atom stereocenters. The van der Waals surface area contributed by atoms with Crippen LogP contribution in [0.3, 0.4) is 0 Å². The van der Waals surface area contributed by atoms with E-state index in [0.717, 1.165) is 30.5 Å². The molecular weight excluding hydrogens is 238 g/mol. The third-order valence-corrected chi connectivity index (χ3v) is 3.83. The molecule has 1 heterocycles. The van der Waals surface area contributed by atoms with E-state index in [-0.39, 0.29) is 6.10 Å². The molecule has 0 amide bonds. The van der Waals surface area contributed by atoms with Crippen molar-refractivity contribution >= 4 is 0 Å². The van der Waals surface area contributed by atoms with Gasteiger partial charge in [-0.3, -0.25) is 0 Å². The third kappa shape index (κ3) is 2.20. The molecule has 1 aromatic heterocycles. The van der Waals surface area contributed by atoms with Crippen LogP contribution in [-0.4, -0.2) is 16.8 Å². The molecule has 3 rings (SSSR count). The average molecular weight is 257 g/mol. The quantitative estimate of drug-likeness (QED) is 0.917. The highest BCUT2D eigenvalue weighted by atomic mass is 16.5. The van der Waals surface area contributed by atoms with Crippen LogP contribution in [0.15, 0.2) is 36.5 Å². The molecule has 100 valence electrons. The van der Waals surface area contributed by atoms with E-state index in [1.54, 1.807) is 7.11 Å². The van der Waals surface area contributed by atoms with Crippen molar-refractivity contribution in [1.82, 2.24) is 4.57 Å². The monoisotopic (exact) mass is 257 g/mol. The Morgan fingerprint density at radius 3 is 3.00 bits per heavy atom. The Hall–Kier alpha value is -1.58. The summed E-state index contributed by atoms with van der Waals surface area (Å²) in [6.07, 6.45) is 4.70. The molecule has 3 nitrogen and oxygen atoms in total. The summed E-state index contributed by atoms with van der Waals surface area (Å²) in [4.78, 5) is 0. The zero-order valence-electron chi connectivity index (χ0n) is 11.2. The van der Waals surface area contributed by atoms with E-state index in [9.17, 15) is 5.11 Å². The van der Waals surface area contributed by atoms with Gasteiger partial charge in [0.25, 0.3) is 0 Å². The van der Waals surface area contributed by atoms with Crippen LogP contribution in [0.2, 0.25) is 0 Å². The summed E-state index contributed by atoms with van der Waals surface area (Å²) in [5.41, 5.74) is 4.64. The van der Waals surface area contributed by atoms with Crippen LogP contribution in [0.4, 0.5) is 0 Å². The van der Waals surface area contributed by atoms with Crippen LogP contribution in [0.1, 0.15) is 35.8 Å². The molecule has 1 aromatic carbocycles. The van der Waals surface area contributed by atoms with E-state index in [1.807, 2.05) is 18.2 Å². The third-order valence-electron chi connectivity index (χ3n) is 3.83. The van der Waals surface area contributed by atoms with E-state index >= 15 is 0 Å². The number of aliphatic hydroxyl groups excluding tert-OH is 1. The molecular formula is C16H19NO2. The largest absolute Gasteiger partial charge is 0.388 e. The summed E-state index contributed by atoms with van der Waals surface area (Å²) in [5, 5.41) is 10.1. The molecule has 0 spiro atoms. The van der Waals surface area contributed by atoms with Crippen LogP contribution in [0, 0.1) is 0 Å². The van der Waals surface area contributed by atoms with Crippen molar-refractivity contribution in [2.24, 2.45) is 0 Å². The van der Waals surface area contributed by atoms with E-state index < -0.39 is 0 Å². The molecule has 3 heteroatoms. The molecule has 1 N–H and O–H groups in total. The molecule has 0 aliphatic heterocycles.